The molecule has 0 fully saturated rings. The van der Waals surface area contributed by atoms with Crippen molar-refractivity contribution in [1.29, 1.82) is 0 Å². The third-order valence-electron chi connectivity index (χ3n) is 2.80. The number of carbonyl (C=O) groups excluding carboxylic acids is 1. The van der Waals surface area contributed by atoms with E-state index in [2.05, 4.69) is 10.1 Å². The summed E-state index contributed by atoms with van der Waals surface area (Å²) in [4.78, 5) is 22.5. The van der Waals surface area contributed by atoms with Crippen LogP contribution in [0.3, 0.4) is 0 Å². The Morgan fingerprint density at radius 3 is 2.81 bits per heavy atom. The maximum absolute atomic E-state index is 11.5. The van der Waals surface area contributed by atoms with E-state index in [4.69, 9.17) is 21.1 Å². The van der Waals surface area contributed by atoms with E-state index in [1.165, 1.54) is 25.5 Å². The van der Waals surface area contributed by atoms with Crippen molar-refractivity contribution < 1.29 is 23.8 Å². The highest BCUT2D eigenvalue weighted by atomic mass is 35.5. The Hall–Kier alpha value is -2.47. The number of furan rings is 1. The van der Waals surface area contributed by atoms with Crippen LogP contribution in [0.25, 0.3) is 0 Å². The number of aromatic carboxylic acids is 1. The molecule has 0 aliphatic rings. The van der Waals surface area contributed by atoms with Gasteiger partial charge >= 0.3 is 11.9 Å². The number of carbonyl (C=O) groups is 2. The van der Waals surface area contributed by atoms with Crippen LogP contribution in [-0.4, -0.2) is 24.2 Å². The SMILES string of the molecule is COC(=O)c1occc1CNc1ccc(Cl)c(C(=O)O)c1. The van der Waals surface area contributed by atoms with Gasteiger partial charge in [0, 0.05) is 17.8 Å². The average Bonchev–Trinajstić information content (AvgIpc) is 2.93. The molecule has 1 aromatic carbocycles. The molecule has 0 saturated heterocycles. The first-order valence-corrected chi connectivity index (χ1v) is 6.32. The maximum Gasteiger partial charge on any atom is 0.374 e. The van der Waals surface area contributed by atoms with E-state index < -0.39 is 11.9 Å². The van der Waals surface area contributed by atoms with Crippen LogP contribution in [0.5, 0.6) is 0 Å². The number of anilines is 1. The summed E-state index contributed by atoms with van der Waals surface area (Å²) in [5.41, 5.74) is 1.17. The van der Waals surface area contributed by atoms with Gasteiger partial charge in [0.25, 0.3) is 0 Å². The predicted octanol–water partition coefficient (Wildman–Crippen LogP) is 3.03. The van der Waals surface area contributed by atoms with Gasteiger partial charge in [-0.2, -0.15) is 0 Å². The van der Waals surface area contributed by atoms with Crippen LogP contribution in [0, 0.1) is 0 Å². The normalized spacial score (nSPS) is 10.2. The number of nitrogens with one attached hydrogen (secondary N) is 1. The highest BCUT2D eigenvalue weighted by Crippen LogP contribution is 2.21. The summed E-state index contributed by atoms with van der Waals surface area (Å²) in [5, 5.41) is 12.2. The fraction of sp³-hybridized carbons (Fsp3) is 0.143. The van der Waals surface area contributed by atoms with Crippen LogP contribution in [-0.2, 0) is 11.3 Å². The van der Waals surface area contributed by atoms with Crippen LogP contribution in [0.4, 0.5) is 5.69 Å². The van der Waals surface area contributed by atoms with E-state index in [0.717, 1.165) is 0 Å². The lowest BCUT2D eigenvalue weighted by Crippen LogP contribution is -2.07. The number of hydrogen-bond donors (Lipinski definition) is 2. The molecular weight excluding hydrogens is 298 g/mol. The van der Waals surface area contributed by atoms with E-state index in [0.29, 0.717) is 11.3 Å². The van der Waals surface area contributed by atoms with Gasteiger partial charge in [0.2, 0.25) is 5.76 Å². The lowest BCUT2D eigenvalue weighted by Gasteiger charge is -2.08. The topological polar surface area (TPSA) is 88.8 Å². The van der Waals surface area contributed by atoms with Crippen LogP contribution >= 0.6 is 11.6 Å². The first kappa shape index (κ1) is 14.9. The standard InChI is InChI=1S/C14H12ClNO5/c1-20-14(19)12-8(4-5-21-12)7-16-9-2-3-11(15)10(6-9)13(17)18/h2-6,16H,7H2,1H3,(H,17,18). The molecule has 1 aromatic heterocycles. The molecular formula is C14H12ClNO5. The Bertz CT molecular complexity index is 680. The average molecular weight is 310 g/mol. The number of methoxy groups -OCH3 is 1. The van der Waals surface area contributed by atoms with E-state index in [9.17, 15) is 9.59 Å². The number of carboxylic acid groups (broad SMARTS) is 1. The van der Waals surface area contributed by atoms with Crippen LogP contribution in [0.1, 0.15) is 26.5 Å². The zero-order valence-electron chi connectivity index (χ0n) is 11.1. The van der Waals surface area contributed by atoms with Crippen molar-refractivity contribution in [2.24, 2.45) is 0 Å². The summed E-state index contributed by atoms with van der Waals surface area (Å²) >= 11 is 5.79. The Balaban J connectivity index is 2.14. The number of halogens is 1. The van der Waals surface area contributed by atoms with Crippen LogP contribution < -0.4 is 5.32 Å². The molecule has 0 bridgehead atoms. The summed E-state index contributed by atoms with van der Waals surface area (Å²) in [6.07, 6.45) is 1.38. The Labute approximate surface area is 125 Å². The van der Waals surface area contributed by atoms with Crippen molar-refractivity contribution in [3.63, 3.8) is 0 Å². The molecule has 6 nitrogen and oxygen atoms in total. The molecule has 0 saturated carbocycles. The quantitative estimate of drug-likeness (QED) is 0.825. The maximum atomic E-state index is 11.5. The molecule has 2 aromatic rings. The summed E-state index contributed by atoms with van der Waals surface area (Å²) in [6.45, 7) is 0.279. The molecule has 0 aliphatic carbocycles. The second-order valence-electron chi connectivity index (χ2n) is 4.12. The minimum absolute atomic E-state index is 0.00190. The lowest BCUT2D eigenvalue weighted by molar-refractivity contribution is 0.0563. The van der Waals surface area contributed by atoms with Crippen LogP contribution in [0.15, 0.2) is 34.9 Å². The van der Waals surface area contributed by atoms with Gasteiger partial charge in [0.1, 0.15) is 0 Å². The van der Waals surface area contributed by atoms with Gasteiger partial charge in [-0.05, 0) is 24.3 Å². The molecule has 2 rings (SSSR count). The zero-order chi connectivity index (χ0) is 15.4. The molecule has 0 aliphatic heterocycles. The van der Waals surface area contributed by atoms with E-state index in [1.807, 2.05) is 0 Å². The third-order valence-corrected chi connectivity index (χ3v) is 3.13. The highest BCUT2D eigenvalue weighted by molar-refractivity contribution is 6.33. The largest absolute Gasteiger partial charge is 0.478 e. The molecule has 0 atom stereocenters. The monoisotopic (exact) mass is 309 g/mol. The van der Waals surface area contributed by atoms with Gasteiger partial charge in [-0.25, -0.2) is 9.59 Å². The molecule has 21 heavy (non-hydrogen) atoms. The first-order valence-electron chi connectivity index (χ1n) is 5.94. The fourth-order valence-corrected chi connectivity index (χ4v) is 1.94. The van der Waals surface area contributed by atoms with E-state index >= 15 is 0 Å². The van der Waals surface area contributed by atoms with Crippen molar-refractivity contribution in [3.8, 4) is 0 Å². The first-order chi connectivity index (χ1) is 10.0. The lowest BCUT2D eigenvalue weighted by atomic mass is 10.2. The predicted molar refractivity (Wildman–Crippen MR) is 75.8 cm³/mol. The minimum atomic E-state index is -1.11. The second-order valence-corrected chi connectivity index (χ2v) is 4.53. The molecule has 0 unspecified atom stereocenters. The van der Waals surface area contributed by atoms with E-state index in [-0.39, 0.29) is 22.9 Å². The Kier molecular flexibility index (Phi) is 4.49. The highest BCUT2D eigenvalue weighted by Gasteiger charge is 2.16. The van der Waals surface area contributed by atoms with Gasteiger partial charge in [0.05, 0.1) is 24.0 Å². The number of esters is 1. The zero-order valence-corrected chi connectivity index (χ0v) is 11.8. The number of benzene rings is 1. The molecule has 0 spiro atoms. The van der Waals surface area contributed by atoms with Crippen molar-refractivity contribution in [2.45, 2.75) is 6.54 Å². The fourth-order valence-electron chi connectivity index (χ4n) is 1.74. The van der Waals surface area contributed by atoms with Gasteiger partial charge in [-0.15, -0.1) is 0 Å². The number of hydrogen-bond acceptors (Lipinski definition) is 5. The smallest absolute Gasteiger partial charge is 0.374 e. The molecule has 2 N–H and O–H groups in total. The Morgan fingerprint density at radius 2 is 2.14 bits per heavy atom. The molecule has 0 amide bonds. The van der Waals surface area contributed by atoms with Crippen molar-refractivity contribution in [1.82, 2.24) is 0 Å². The number of ether oxygens (including phenoxy) is 1. The third kappa shape index (κ3) is 3.35. The van der Waals surface area contributed by atoms with Crippen molar-refractivity contribution in [3.05, 3.63) is 52.4 Å². The molecule has 110 valence electrons. The van der Waals surface area contributed by atoms with Crippen LogP contribution in [0.2, 0.25) is 5.02 Å². The summed E-state index contributed by atoms with van der Waals surface area (Å²) < 4.78 is 9.66. The van der Waals surface area contributed by atoms with Gasteiger partial charge in [-0.3, -0.25) is 0 Å². The molecule has 7 heteroatoms. The number of rotatable bonds is 5. The molecule has 1 heterocycles. The molecule has 0 radical (unpaired) electrons. The minimum Gasteiger partial charge on any atom is -0.478 e. The van der Waals surface area contributed by atoms with E-state index in [1.54, 1.807) is 12.1 Å². The van der Waals surface area contributed by atoms with Crippen molar-refractivity contribution in [2.75, 3.05) is 12.4 Å². The van der Waals surface area contributed by atoms with Gasteiger partial charge in [-0.1, -0.05) is 11.6 Å². The summed E-state index contributed by atoms with van der Waals surface area (Å²) in [5.74, 6) is -1.57. The van der Waals surface area contributed by atoms with Crippen molar-refractivity contribution >= 4 is 29.2 Å². The summed E-state index contributed by atoms with van der Waals surface area (Å²) in [7, 11) is 1.26. The number of carboxylic acids is 1. The van der Waals surface area contributed by atoms with Gasteiger partial charge in [0.15, 0.2) is 0 Å². The summed E-state index contributed by atoms with van der Waals surface area (Å²) in [6, 6.07) is 6.19. The Morgan fingerprint density at radius 1 is 1.38 bits per heavy atom. The second kappa shape index (κ2) is 6.32. The van der Waals surface area contributed by atoms with Gasteiger partial charge < -0.3 is 19.6 Å².